The van der Waals surface area contributed by atoms with Gasteiger partial charge in [-0.05, 0) is 43.2 Å². The van der Waals surface area contributed by atoms with Crippen LogP contribution in [-0.2, 0) is 22.6 Å². The van der Waals surface area contributed by atoms with E-state index in [0.29, 0.717) is 26.1 Å². The lowest BCUT2D eigenvalue weighted by Crippen LogP contribution is -2.06. The van der Waals surface area contributed by atoms with Crippen molar-refractivity contribution >= 4 is 32.9 Å². The van der Waals surface area contributed by atoms with E-state index in [1.54, 1.807) is 6.26 Å². The molecule has 0 bridgehead atoms. The third-order valence-electron chi connectivity index (χ3n) is 3.88. The van der Waals surface area contributed by atoms with Crippen LogP contribution in [0.3, 0.4) is 0 Å². The van der Waals surface area contributed by atoms with Crippen molar-refractivity contribution in [2.75, 3.05) is 6.61 Å². The second kappa shape index (κ2) is 8.21. The molecule has 3 aromatic rings. The third-order valence-corrected chi connectivity index (χ3v) is 4.37. The zero-order valence-electron chi connectivity index (χ0n) is 14.0. The minimum atomic E-state index is -0.192. The molecule has 0 radical (unpaired) electrons. The molecule has 0 N–H and O–H groups in total. The lowest BCUT2D eigenvalue weighted by Gasteiger charge is -2.11. The van der Waals surface area contributed by atoms with E-state index in [-0.39, 0.29) is 5.97 Å². The average molecular weight is 403 g/mol. The van der Waals surface area contributed by atoms with Crippen LogP contribution in [0.1, 0.15) is 24.5 Å². The van der Waals surface area contributed by atoms with E-state index in [2.05, 4.69) is 15.9 Å². The molecule has 0 aliphatic carbocycles. The summed E-state index contributed by atoms with van der Waals surface area (Å²) < 4.78 is 17.5. The molecule has 3 rings (SSSR count). The van der Waals surface area contributed by atoms with Gasteiger partial charge in [0.25, 0.3) is 0 Å². The highest BCUT2D eigenvalue weighted by atomic mass is 79.9. The number of furan rings is 1. The topological polar surface area (TPSA) is 48.7 Å². The van der Waals surface area contributed by atoms with Crippen molar-refractivity contribution in [1.29, 1.82) is 0 Å². The zero-order chi connectivity index (χ0) is 17.6. The van der Waals surface area contributed by atoms with Crippen LogP contribution in [-0.4, -0.2) is 12.6 Å². The number of hydrogen-bond donors (Lipinski definition) is 0. The second-order valence-corrected chi connectivity index (χ2v) is 6.52. The highest BCUT2D eigenvalue weighted by Gasteiger charge is 2.10. The Balaban J connectivity index is 1.70. The summed E-state index contributed by atoms with van der Waals surface area (Å²) >= 11 is 3.48. The molecule has 0 aliphatic rings. The first-order valence-electron chi connectivity index (χ1n) is 8.19. The van der Waals surface area contributed by atoms with Gasteiger partial charge in [-0.2, -0.15) is 0 Å². The molecule has 130 valence electrons. The van der Waals surface area contributed by atoms with Gasteiger partial charge in [0.1, 0.15) is 17.9 Å². The molecule has 4 nitrogen and oxygen atoms in total. The first kappa shape index (κ1) is 17.5. The van der Waals surface area contributed by atoms with E-state index in [9.17, 15) is 4.79 Å². The zero-order valence-corrected chi connectivity index (χ0v) is 15.5. The van der Waals surface area contributed by atoms with E-state index < -0.39 is 0 Å². The average Bonchev–Trinajstić information content (AvgIpc) is 3.01. The van der Waals surface area contributed by atoms with Gasteiger partial charge >= 0.3 is 5.97 Å². The molecule has 2 aromatic carbocycles. The minimum Gasteiger partial charge on any atom is -0.488 e. The van der Waals surface area contributed by atoms with Gasteiger partial charge in [0.15, 0.2) is 0 Å². The van der Waals surface area contributed by atoms with Crippen molar-refractivity contribution in [3.05, 3.63) is 64.3 Å². The Labute approximate surface area is 154 Å². The number of esters is 1. The van der Waals surface area contributed by atoms with Crippen LogP contribution in [0.25, 0.3) is 11.0 Å². The fraction of sp³-hybridized carbons (Fsp3) is 0.250. The van der Waals surface area contributed by atoms with Crippen molar-refractivity contribution in [2.45, 2.75) is 26.4 Å². The molecule has 25 heavy (non-hydrogen) atoms. The number of carbonyl (C=O) groups excluding carboxylic acids is 1. The molecule has 0 saturated carbocycles. The van der Waals surface area contributed by atoms with Gasteiger partial charge in [0, 0.05) is 21.8 Å². The lowest BCUT2D eigenvalue weighted by molar-refractivity contribution is -0.143. The molecule has 0 aliphatic heterocycles. The fourth-order valence-electron chi connectivity index (χ4n) is 2.64. The lowest BCUT2D eigenvalue weighted by atomic mass is 10.1. The van der Waals surface area contributed by atoms with Crippen molar-refractivity contribution in [1.82, 2.24) is 0 Å². The van der Waals surface area contributed by atoms with Gasteiger partial charge in [-0.3, -0.25) is 4.79 Å². The molecule has 0 amide bonds. The summed E-state index contributed by atoms with van der Waals surface area (Å²) in [6.45, 7) is 2.61. The summed E-state index contributed by atoms with van der Waals surface area (Å²) in [5, 5.41) is 1.03. The summed E-state index contributed by atoms with van der Waals surface area (Å²) in [7, 11) is 0. The van der Waals surface area contributed by atoms with Crippen LogP contribution >= 0.6 is 15.9 Å². The molecule has 1 aromatic heterocycles. The normalized spacial score (nSPS) is 10.8. The van der Waals surface area contributed by atoms with Crippen LogP contribution in [0.5, 0.6) is 5.75 Å². The summed E-state index contributed by atoms with van der Waals surface area (Å²) in [5.74, 6) is 0.583. The number of ether oxygens (including phenoxy) is 2. The quantitative estimate of drug-likeness (QED) is 0.505. The molecular formula is C20H19BrO4. The van der Waals surface area contributed by atoms with Crippen LogP contribution < -0.4 is 4.74 Å². The Bertz CT molecular complexity index is 869. The Kier molecular flexibility index (Phi) is 5.76. The second-order valence-electron chi connectivity index (χ2n) is 5.60. The summed E-state index contributed by atoms with van der Waals surface area (Å²) in [6, 6.07) is 13.6. The number of benzene rings is 2. The molecular weight excluding hydrogens is 384 g/mol. The molecule has 0 spiro atoms. The molecule has 0 unspecified atom stereocenters. The highest BCUT2D eigenvalue weighted by Crippen LogP contribution is 2.27. The molecule has 0 saturated heterocycles. The van der Waals surface area contributed by atoms with E-state index in [1.165, 1.54) is 0 Å². The van der Waals surface area contributed by atoms with Crippen molar-refractivity contribution < 1.29 is 18.7 Å². The van der Waals surface area contributed by atoms with Crippen molar-refractivity contribution in [3.8, 4) is 5.75 Å². The van der Waals surface area contributed by atoms with Gasteiger partial charge in [-0.1, -0.05) is 34.1 Å². The van der Waals surface area contributed by atoms with E-state index in [0.717, 1.165) is 32.3 Å². The number of carbonyl (C=O) groups is 1. The number of para-hydroxylation sites is 1. The molecule has 1 heterocycles. The molecule has 0 fully saturated rings. The summed E-state index contributed by atoms with van der Waals surface area (Å²) in [5.41, 5.74) is 2.80. The largest absolute Gasteiger partial charge is 0.488 e. The number of rotatable bonds is 7. The minimum absolute atomic E-state index is 0.192. The predicted octanol–water partition coefficient (Wildman–Crippen LogP) is 5.27. The summed E-state index contributed by atoms with van der Waals surface area (Å²) in [4.78, 5) is 11.6. The van der Waals surface area contributed by atoms with E-state index in [4.69, 9.17) is 13.9 Å². The maximum atomic E-state index is 11.6. The number of fused-ring (bicyclic) bond motifs is 1. The first-order valence-corrected chi connectivity index (χ1v) is 8.98. The predicted molar refractivity (Wildman–Crippen MR) is 99.6 cm³/mol. The smallest absolute Gasteiger partial charge is 0.306 e. The first-order chi connectivity index (χ1) is 12.2. The maximum Gasteiger partial charge on any atom is 0.306 e. The van der Waals surface area contributed by atoms with E-state index in [1.807, 2.05) is 49.4 Å². The Morgan fingerprint density at radius 2 is 2.00 bits per heavy atom. The summed E-state index contributed by atoms with van der Waals surface area (Å²) in [6.07, 6.45) is 2.65. The monoisotopic (exact) mass is 402 g/mol. The number of halogens is 1. The number of hydrogen-bond acceptors (Lipinski definition) is 4. The van der Waals surface area contributed by atoms with Gasteiger partial charge in [0.2, 0.25) is 0 Å². The van der Waals surface area contributed by atoms with Crippen molar-refractivity contribution in [2.24, 2.45) is 0 Å². The van der Waals surface area contributed by atoms with Crippen molar-refractivity contribution in [3.63, 3.8) is 0 Å². The van der Waals surface area contributed by atoms with Crippen LogP contribution in [0.15, 0.2) is 57.6 Å². The third kappa shape index (κ3) is 4.42. The Morgan fingerprint density at radius 3 is 2.84 bits per heavy atom. The van der Waals surface area contributed by atoms with Gasteiger partial charge in [-0.25, -0.2) is 0 Å². The van der Waals surface area contributed by atoms with Gasteiger partial charge in [0.05, 0.1) is 12.9 Å². The Hall–Kier alpha value is -2.27. The fourth-order valence-corrected chi connectivity index (χ4v) is 3.00. The van der Waals surface area contributed by atoms with Gasteiger partial charge < -0.3 is 13.9 Å². The standard InChI is InChI=1S/C20H19BrO4/c1-2-23-20(22)10-7-14-5-3-4-6-18(14)24-12-15-13-25-19-9-8-16(21)11-17(15)19/h3-6,8-9,11,13H,2,7,10,12H2,1H3. The maximum absolute atomic E-state index is 11.6. The number of aryl methyl sites for hydroxylation is 1. The van der Waals surface area contributed by atoms with E-state index >= 15 is 0 Å². The van der Waals surface area contributed by atoms with Crippen LogP contribution in [0, 0.1) is 0 Å². The van der Waals surface area contributed by atoms with Gasteiger partial charge in [-0.15, -0.1) is 0 Å². The molecule has 0 atom stereocenters. The van der Waals surface area contributed by atoms with Crippen LogP contribution in [0.2, 0.25) is 0 Å². The highest BCUT2D eigenvalue weighted by molar-refractivity contribution is 9.10. The Morgan fingerprint density at radius 1 is 1.16 bits per heavy atom. The molecule has 5 heteroatoms. The van der Waals surface area contributed by atoms with Crippen LogP contribution in [0.4, 0.5) is 0 Å². The SMILES string of the molecule is CCOC(=O)CCc1ccccc1OCc1coc2ccc(Br)cc12.